The van der Waals surface area contributed by atoms with Gasteiger partial charge in [0, 0.05) is 24.4 Å². The number of methoxy groups -OCH3 is 1. The third kappa shape index (κ3) is 3.68. The topological polar surface area (TPSA) is 113 Å². The predicted octanol–water partition coefficient (Wildman–Crippen LogP) is 1.49. The van der Waals surface area contributed by atoms with Gasteiger partial charge in [0.05, 0.1) is 18.5 Å². The van der Waals surface area contributed by atoms with Crippen LogP contribution < -0.4 is 10.1 Å². The van der Waals surface area contributed by atoms with E-state index in [1.807, 2.05) is 30.3 Å². The van der Waals surface area contributed by atoms with Gasteiger partial charge >= 0.3 is 0 Å². The Hall–Kier alpha value is -4.08. The zero-order valence-electron chi connectivity index (χ0n) is 15.9. The second kappa shape index (κ2) is 7.89. The van der Waals surface area contributed by atoms with Crippen molar-refractivity contribution in [2.75, 3.05) is 7.11 Å². The number of hydrogen-bond acceptors (Lipinski definition) is 7. The quantitative estimate of drug-likeness (QED) is 0.531. The van der Waals surface area contributed by atoms with Crippen LogP contribution >= 0.6 is 0 Å². The van der Waals surface area contributed by atoms with E-state index in [1.54, 1.807) is 42.0 Å². The number of benzene rings is 1. The number of rotatable bonds is 6. The van der Waals surface area contributed by atoms with Gasteiger partial charge in [0.15, 0.2) is 11.5 Å². The Kier molecular flexibility index (Phi) is 4.97. The van der Waals surface area contributed by atoms with E-state index in [0.717, 1.165) is 11.3 Å². The Morgan fingerprint density at radius 3 is 2.93 bits per heavy atom. The Morgan fingerprint density at radius 2 is 2.14 bits per heavy atom. The number of carbonyl (C=O) groups excluding carboxylic acids is 1. The fraction of sp³-hybridized carbons (Fsp3) is 0.158. The summed E-state index contributed by atoms with van der Waals surface area (Å²) < 4.78 is 8.39. The van der Waals surface area contributed by atoms with Gasteiger partial charge in [0.25, 0.3) is 5.91 Å². The second-order valence-electron chi connectivity index (χ2n) is 6.15. The maximum atomic E-state index is 12.7. The lowest BCUT2D eigenvalue weighted by molar-refractivity contribution is 0.0945. The van der Waals surface area contributed by atoms with Crippen LogP contribution in [0.25, 0.3) is 11.5 Å². The molecule has 0 aliphatic rings. The van der Waals surface area contributed by atoms with Gasteiger partial charge in [-0.25, -0.2) is 19.3 Å². The molecule has 0 aliphatic carbocycles. The maximum absolute atomic E-state index is 12.7. The summed E-state index contributed by atoms with van der Waals surface area (Å²) in [5.41, 5.74) is 2.43. The molecule has 29 heavy (non-hydrogen) atoms. The first-order chi connectivity index (χ1) is 14.2. The molecule has 0 spiro atoms. The van der Waals surface area contributed by atoms with E-state index in [4.69, 9.17) is 4.74 Å². The first-order valence-corrected chi connectivity index (χ1v) is 8.81. The van der Waals surface area contributed by atoms with Crippen molar-refractivity contribution in [2.24, 2.45) is 0 Å². The van der Waals surface area contributed by atoms with Crippen molar-refractivity contribution in [3.8, 4) is 17.3 Å². The number of nitrogens with zero attached hydrogens (tertiary/aromatic N) is 7. The van der Waals surface area contributed by atoms with Crippen molar-refractivity contribution >= 4 is 5.91 Å². The van der Waals surface area contributed by atoms with Crippen LogP contribution in [0.1, 0.15) is 21.7 Å². The van der Waals surface area contributed by atoms with Gasteiger partial charge in [-0.3, -0.25) is 4.79 Å². The van der Waals surface area contributed by atoms with Gasteiger partial charge in [0.1, 0.15) is 18.4 Å². The second-order valence-corrected chi connectivity index (χ2v) is 6.15. The van der Waals surface area contributed by atoms with Crippen molar-refractivity contribution < 1.29 is 9.53 Å². The minimum Gasteiger partial charge on any atom is -0.497 e. The summed E-state index contributed by atoms with van der Waals surface area (Å²) in [6, 6.07) is 11.0. The van der Waals surface area contributed by atoms with Gasteiger partial charge in [-0.1, -0.05) is 17.3 Å². The van der Waals surface area contributed by atoms with E-state index in [-0.39, 0.29) is 18.1 Å². The third-order valence-corrected chi connectivity index (χ3v) is 4.35. The molecule has 0 saturated carbocycles. The van der Waals surface area contributed by atoms with Crippen LogP contribution in [0.3, 0.4) is 0 Å². The molecule has 0 aliphatic heterocycles. The van der Waals surface area contributed by atoms with Crippen molar-refractivity contribution in [1.29, 1.82) is 0 Å². The van der Waals surface area contributed by atoms with E-state index >= 15 is 0 Å². The van der Waals surface area contributed by atoms with Gasteiger partial charge in [-0.2, -0.15) is 5.10 Å². The smallest absolute Gasteiger partial charge is 0.274 e. The molecular formula is C19H18N8O2. The zero-order valence-corrected chi connectivity index (χ0v) is 15.9. The van der Waals surface area contributed by atoms with Crippen LogP contribution in [-0.2, 0) is 6.54 Å². The maximum Gasteiger partial charge on any atom is 0.274 e. The Morgan fingerprint density at radius 1 is 1.24 bits per heavy atom. The van der Waals surface area contributed by atoms with Gasteiger partial charge < -0.3 is 10.1 Å². The van der Waals surface area contributed by atoms with E-state index in [0.29, 0.717) is 17.3 Å². The van der Waals surface area contributed by atoms with E-state index in [9.17, 15) is 4.79 Å². The summed E-state index contributed by atoms with van der Waals surface area (Å²) in [6.07, 6.45) is 4.64. The molecule has 1 aromatic carbocycles. The highest BCUT2D eigenvalue weighted by atomic mass is 16.5. The Balaban J connectivity index is 1.53. The largest absolute Gasteiger partial charge is 0.497 e. The average Bonchev–Trinajstić information content (AvgIpc) is 3.42. The molecule has 4 rings (SSSR count). The first-order valence-electron chi connectivity index (χ1n) is 8.81. The van der Waals surface area contributed by atoms with Crippen LogP contribution in [-0.4, -0.2) is 47.8 Å². The van der Waals surface area contributed by atoms with Gasteiger partial charge in [-0.15, -0.1) is 5.10 Å². The molecule has 0 saturated heterocycles. The molecule has 0 unspecified atom stereocenters. The number of carbonyl (C=O) groups is 1. The van der Waals surface area contributed by atoms with Crippen molar-refractivity contribution in [1.82, 2.24) is 40.1 Å². The minimum absolute atomic E-state index is 0.249. The SMILES string of the molecule is COc1cccc(-n2nnc(C(=O)NCc3cccnc3-n3cncn3)c2C)c1. The molecule has 10 nitrogen and oxygen atoms in total. The van der Waals surface area contributed by atoms with Crippen LogP contribution in [0, 0.1) is 6.92 Å². The summed E-state index contributed by atoms with van der Waals surface area (Å²) in [5, 5.41) is 15.1. The molecule has 10 heteroatoms. The molecular weight excluding hydrogens is 372 g/mol. The number of hydrogen-bond donors (Lipinski definition) is 1. The molecule has 1 amide bonds. The molecule has 3 aromatic heterocycles. The summed E-state index contributed by atoms with van der Waals surface area (Å²) in [6.45, 7) is 2.05. The number of pyridine rings is 1. The lowest BCUT2D eigenvalue weighted by Gasteiger charge is -2.09. The molecule has 4 aromatic rings. The van der Waals surface area contributed by atoms with Crippen LogP contribution in [0.4, 0.5) is 0 Å². The lowest BCUT2D eigenvalue weighted by atomic mass is 10.2. The van der Waals surface area contributed by atoms with Crippen LogP contribution in [0.2, 0.25) is 0 Å². The van der Waals surface area contributed by atoms with Gasteiger partial charge in [-0.05, 0) is 25.1 Å². The van der Waals surface area contributed by atoms with Crippen molar-refractivity contribution in [3.63, 3.8) is 0 Å². The summed E-state index contributed by atoms with van der Waals surface area (Å²) in [4.78, 5) is 20.9. The molecule has 0 atom stereocenters. The van der Waals surface area contributed by atoms with Crippen molar-refractivity contribution in [3.05, 3.63) is 72.2 Å². The third-order valence-electron chi connectivity index (χ3n) is 4.35. The summed E-state index contributed by atoms with van der Waals surface area (Å²) >= 11 is 0. The molecule has 0 fully saturated rings. The molecule has 0 radical (unpaired) electrons. The first kappa shape index (κ1) is 18.3. The molecule has 3 heterocycles. The van der Waals surface area contributed by atoms with Crippen LogP contribution in [0.5, 0.6) is 5.75 Å². The Bertz CT molecular complexity index is 1140. The average molecular weight is 390 g/mol. The number of ether oxygens (including phenoxy) is 1. The summed E-state index contributed by atoms with van der Waals surface area (Å²) in [5.74, 6) is 0.965. The fourth-order valence-corrected chi connectivity index (χ4v) is 2.88. The van der Waals surface area contributed by atoms with E-state index < -0.39 is 0 Å². The molecule has 1 N–H and O–H groups in total. The molecule has 0 bridgehead atoms. The zero-order chi connectivity index (χ0) is 20.2. The standard InChI is InChI=1S/C19H18N8O2/c1-13-17(24-25-27(13)15-6-3-7-16(9-15)29-2)19(28)22-10-14-5-4-8-21-18(14)26-12-20-11-23-26/h3-9,11-12H,10H2,1-2H3,(H,22,28). The fourth-order valence-electron chi connectivity index (χ4n) is 2.88. The van der Waals surface area contributed by atoms with Crippen molar-refractivity contribution in [2.45, 2.75) is 13.5 Å². The predicted molar refractivity (Wildman–Crippen MR) is 103 cm³/mol. The highest BCUT2D eigenvalue weighted by molar-refractivity contribution is 5.93. The number of amides is 1. The van der Waals surface area contributed by atoms with E-state index in [2.05, 4.69) is 30.7 Å². The molecule has 146 valence electrons. The van der Waals surface area contributed by atoms with E-state index in [1.165, 1.54) is 6.33 Å². The van der Waals surface area contributed by atoms with Gasteiger partial charge in [0.2, 0.25) is 0 Å². The normalized spacial score (nSPS) is 10.7. The Labute approximate surface area is 166 Å². The number of aromatic nitrogens is 7. The highest BCUT2D eigenvalue weighted by Crippen LogP contribution is 2.18. The monoisotopic (exact) mass is 390 g/mol. The number of nitrogens with one attached hydrogen (secondary N) is 1. The lowest BCUT2D eigenvalue weighted by Crippen LogP contribution is -2.25. The minimum atomic E-state index is -0.329. The summed E-state index contributed by atoms with van der Waals surface area (Å²) in [7, 11) is 1.60. The highest BCUT2D eigenvalue weighted by Gasteiger charge is 2.18. The van der Waals surface area contributed by atoms with Crippen LogP contribution in [0.15, 0.2) is 55.2 Å².